The third-order valence-corrected chi connectivity index (χ3v) is 3.37. The molecule has 0 spiro atoms. The topological polar surface area (TPSA) is 44.3 Å². The molecule has 0 amide bonds. The van der Waals surface area contributed by atoms with Crippen LogP contribution in [0.15, 0.2) is 65.8 Å². The average molecular weight is 290 g/mol. The first-order valence-electron chi connectivity index (χ1n) is 7.14. The number of nitrogens with zero attached hydrogens (tertiary/aromatic N) is 3. The fraction of sp³-hybridized carbons (Fsp3) is 0.111. The molecular weight excluding hydrogens is 272 g/mol. The number of aromatic nitrogens is 2. The van der Waals surface area contributed by atoms with Crippen molar-refractivity contribution in [2.24, 2.45) is 4.99 Å². The number of benzene rings is 2. The Morgan fingerprint density at radius 2 is 1.73 bits per heavy atom. The zero-order valence-electron chi connectivity index (χ0n) is 12.7. The van der Waals surface area contributed by atoms with Gasteiger partial charge in [0, 0.05) is 31.6 Å². The summed E-state index contributed by atoms with van der Waals surface area (Å²) >= 11 is 0. The van der Waals surface area contributed by atoms with Crippen molar-refractivity contribution in [2.75, 3.05) is 19.0 Å². The van der Waals surface area contributed by atoms with E-state index in [1.165, 1.54) is 5.69 Å². The van der Waals surface area contributed by atoms with Crippen LogP contribution in [0.25, 0.3) is 11.4 Å². The fourth-order valence-electron chi connectivity index (χ4n) is 2.12. The van der Waals surface area contributed by atoms with Crippen LogP contribution in [0.1, 0.15) is 5.56 Å². The summed E-state index contributed by atoms with van der Waals surface area (Å²) in [4.78, 5) is 14.1. The summed E-state index contributed by atoms with van der Waals surface area (Å²) in [5.74, 6) is 1.58. The number of H-pyrrole nitrogens is 1. The summed E-state index contributed by atoms with van der Waals surface area (Å²) in [5.41, 5.74) is 3.28. The second kappa shape index (κ2) is 6.26. The van der Waals surface area contributed by atoms with E-state index in [0.717, 1.165) is 22.8 Å². The molecule has 2 aromatic carbocycles. The van der Waals surface area contributed by atoms with Gasteiger partial charge in [0.2, 0.25) is 0 Å². The molecule has 4 nitrogen and oxygen atoms in total. The molecule has 0 aliphatic heterocycles. The van der Waals surface area contributed by atoms with Gasteiger partial charge in [-0.15, -0.1) is 0 Å². The van der Waals surface area contributed by atoms with E-state index in [1.807, 2.05) is 62.8 Å². The smallest absolute Gasteiger partial charge is 0.150 e. The maximum absolute atomic E-state index is 4.44. The van der Waals surface area contributed by atoms with Crippen molar-refractivity contribution >= 4 is 17.7 Å². The largest absolute Gasteiger partial charge is 0.378 e. The van der Waals surface area contributed by atoms with Crippen LogP contribution in [0.5, 0.6) is 0 Å². The Labute approximate surface area is 130 Å². The van der Waals surface area contributed by atoms with Crippen LogP contribution in [0, 0.1) is 0 Å². The van der Waals surface area contributed by atoms with Crippen molar-refractivity contribution < 1.29 is 0 Å². The molecule has 3 rings (SSSR count). The highest BCUT2D eigenvalue weighted by atomic mass is 15.1. The molecule has 1 aromatic heterocycles. The second-order valence-corrected chi connectivity index (χ2v) is 5.23. The Kier molecular flexibility index (Phi) is 4.01. The lowest BCUT2D eigenvalue weighted by molar-refractivity contribution is 1.13. The minimum Gasteiger partial charge on any atom is -0.378 e. The normalized spacial score (nSPS) is 11.0. The maximum atomic E-state index is 4.44. The highest BCUT2D eigenvalue weighted by molar-refractivity contribution is 5.82. The Hall–Kier alpha value is -2.88. The van der Waals surface area contributed by atoms with E-state index in [1.54, 1.807) is 6.20 Å². The molecule has 22 heavy (non-hydrogen) atoms. The highest BCUT2D eigenvalue weighted by Gasteiger charge is 2.01. The van der Waals surface area contributed by atoms with Crippen LogP contribution >= 0.6 is 0 Å². The molecular formula is C18H18N4. The van der Waals surface area contributed by atoms with Gasteiger partial charge in [-0.2, -0.15) is 0 Å². The Bertz CT molecular complexity index is 755. The first kappa shape index (κ1) is 14.1. The van der Waals surface area contributed by atoms with Crippen molar-refractivity contribution in [1.29, 1.82) is 0 Å². The predicted octanol–water partition coefficient (Wildman–Crippen LogP) is 3.89. The van der Waals surface area contributed by atoms with Crippen molar-refractivity contribution in [3.8, 4) is 11.4 Å². The zero-order chi connectivity index (χ0) is 15.4. The van der Waals surface area contributed by atoms with Crippen molar-refractivity contribution in [2.45, 2.75) is 0 Å². The summed E-state index contributed by atoms with van der Waals surface area (Å²) in [6.45, 7) is 0. The number of aromatic amines is 1. The molecule has 4 heteroatoms. The molecule has 0 fully saturated rings. The molecule has 0 saturated carbocycles. The molecule has 3 aromatic rings. The van der Waals surface area contributed by atoms with E-state index in [9.17, 15) is 0 Å². The predicted molar refractivity (Wildman–Crippen MR) is 92.0 cm³/mol. The van der Waals surface area contributed by atoms with Crippen molar-refractivity contribution in [3.63, 3.8) is 0 Å². The van der Waals surface area contributed by atoms with Crippen LogP contribution in [0.4, 0.5) is 11.5 Å². The van der Waals surface area contributed by atoms with Gasteiger partial charge < -0.3 is 9.88 Å². The number of hydrogen-bond donors (Lipinski definition) is 1. The third-order valence-electron chi connectivity index (χ3n) is 3.37. The molecule has 0 aliphatic rings. The summed E-state index contributed by atoms with van der Waals surface area (Å²) < 4.78 is 0. The Morgan fingerprint density at radius 1 is 1.00 bits per heavy atom. The lowest BCUT2D eigenvalue weighted by atomic mass is 10.2. The SMILES string of the molecule is CN(C)c1ccc(C=Nc2cnc(-c3ccccc3)[nH]2)cc1. The van der Waals surface area contributed by atoms with E-state index in [2.05, 4.69) is 32.0 Å². The number of rotatable bonds is 4. The number of aliphatic imine (C=N–C) groups is 1. The van der Waals surface area contributed by atoms with Gasteiger partial charge in [-0.05, 0) is 17.7 Å². The third kappa shape index (κ3) is 3.23. The zero-order valence-corrected chi connectivity index (χ0v) is 12.7. The average Bonchev–Trinajstić information content (AvgIpc) is 3.03. The van der Waals surface area contributed by atoms with Gasteiger partial charge in [0.1, 0.15) is 11.6 Å². The molecule has 0 aliphatic carbocycles. The Balaban J connectivity index is 1.74. The molecule has 110 valence electrons. The van der Waals surface area contributed by atoms with Gasteiger partial charge in [-0.3, -0.25) is 0 Å². The van der Waals surface area contributed by atoms with Crippen LogP contribution in [-0.2, 0) is 0 Å². The molecule has 0 bridgehead atoms. The van der Waals surface area contributed by atoms with Gasteiger partial charge in [-0.1, -0.05) is 42.5 Å². The first-order valence-corrected chi connectivity index (χ1v) is 7.14. The summed E-state index contributed by atoms with van der Waals surface area (Å²) in [5, 5.41) is 0. The minimum atomic E-state index is 0.746. The standard InChI is InChI=1S/C18H18N4/c1-22(2)16-10-8-14(9-11-16)12-19-17-13-20-18(21-17)15-6-4-3-5-7-15/h3-13H,1-2H3,(H,20,21). The molecule has 1 heterocycles. The van der Waals surface area contributed by atoms with Crippen molar-refractivity contribution in [3.05, 3.63) is 66.4 Å². The van der Waals surface area contributed by atoms with Crippen LogP contribution in [0.2, 0.25) is 0 Å². The summed E-state index contributed by atoms with van der Waals surface area (Å²) in [7, 11) is 4.05. The van der Waals surface area contributed by atoms with Gasteiger partial charge in [0.05, 0.1) is 6.20 Å². The van der Waals surface area contributed by atoms with E-state index in [0.29, 0.717) is 0 Å². The Morgan fingerprint density at radius 3 is 2.41 bits per heavy atom. The first-order chi connectivity index (χ1) is 10.7. The van der Waals surface area contributed by atoms with E-state index >= 15 is 0 Å². The van der Waals surface area contributed by atoms with Crippen molar-refractivity contribution in [1.82, 2.24) is 9.97 Å². The number of hydrogen-bond acceptors (Lipinski definition) is 3. The fourth-order valence-corrected chi connectivity index (χ4v) is 2.12. The molecule has 0 unspecified atom stereocenters. The van der Waals surface area contributed by atoms with E-state index < -0.39 is 0 Å². The highest BCUT2D eigenvalue weighted by Crippen LogP contribution is 2.18. The van der Waals surface area contributed by atoms with Gasteiger partial charge in [0.25, 0.3) is 0 Å². The quantitative estimate of drug-likeness (QED) is 0.741. The lowest BCUT2D eigenvalue weighted by Crippen LogP contribution is -2.08. The minimum absolute atomic E-state index is 0.746. The van der Waals surface area contributed by atoms with Gasteiger partial charge in [0.15, 0.2) is 0 Å². The number of anilines is 1. The summed E-state index contributed by atoms with van der Waals surface area (Å²) in [6.07, 6.45) is 3.58. The van der Waals surface area contributed by atoms with Gasteiger partial charge >= 0.3 is 0 Å². The van der Waals surface area contributed by atoms with Gasteiger partial charge in [-0.25, -0.2) is 9.98 Å². The monoisotopic (exact) mass is 290 g/mol. The molecule has 0 atom stereocenters. The molecule has 0 saturated heterocycles. The number of imidazole rings is 1. The van der Waals surface area contributed by atoms with E-state index in [4.69, 9.17) is 0 Å². The maximum Gasteiger partial charge on any atom is 0.150 e. The molecule has 0 radical (unpaired) electrons. The van der Waals surface area contributed by atoms with Crippen LogP contribution in [-0.4, -0.2) is 30.3 Å². The number of nitrogens with one attached hydrogen (secondary N) is 1. The lowest BCUT2D eigenvalue weighted by Gasteiger charge is -2.11. The molecule has 1 N–H and O–H groups in total. The van der Waals surface area contributed by atoms with Crippen LogP contribution < -0.4 is 4.90 Å². The second-order valence-electron chi connectivity index (χ2n) is 5.23. The van der Waals surface area contributed by atoms with E-state index in [-0.39, 0.29) is 0 Å². The van der Waals surface area contributed by atoms with Crippen LogP contribution in [0.3, 0.4) is 0 Å². The summed E-state index contributed by atoms with van der Waals surface area (Å²) in [6, 6.07) is 18.3.